The van der Waals surface area contributed by atoms with Crippen molar-refractivity contribution in [2.24, 2.45) is 0 Å². The lowest BCUT2D eigenvalue weighted by Crippen LogP contribution is -2.31. The maximum absolute atomic E-state index is 10.5. The molecule has 0 fully saturated rings. The van der Waals surface area contributed by atoms with E-state index in [0.717, 1.165) is 11.1 Å². The maximum atomic E-state index is 10.5. The second-order valence-corrected chi connectivity index (χ2v) is 5.20. The van der Waals surface area contributed by atoms with Gasteiger partial charge in [0.15, 0.2) is 0 Å². The summed E-state index contributed by atoms with van der Waals surface area (Å²) in [5, 5.41) is 19.8. The molecule has 2 aromatic carbocycles. The van der Waals surface area contributed by atoms with Gasteiger partial charge >= 0.3 is 0 Å². The van der Waals surface area contributed by atoms with E-state index in [1.807, 2.05) is 59.5 Å². The summed E-state index contributed by atoms with van der Waals surface area (Å²) >= 11 is 0. The molecule has 0 saturated heterocycles. The monoisotopic (exact) mass is 301 g/mol. The van der Waals surface area contributed by atoms with Crippen molar-refractivity contribution in [3.63, 3.8) is 0 Å². The predicted molar refractivity (Wildman–Crippen MR) is 86.8 cm³/mol. The molecule has 0 aromatic heterocycles. The Bertz CT molecular complexity index is 559. The Morgan fingerprint density at radius 3 is 2.41 bits per heavy atom. The molecule has 0 aliphatic rings. The summed E-state index contributed by atoms with van der Waals surface area (Å²) < 4.78 is 5.30. The Morgan fingerprint density at radius 1 is 1.05 bits per heavy atom. The molecule has 4 nitrogen and oxygen atoms in total. The minimum atomic E-state index is -0.661. The van der Waals surface area contributed by atoms with Gasteiger partial charge in [-0.25, -0.2) is 0 Å². The van der Waals surface area contributed by atoms with Gasteiger partial charge in [0, 0.05) is 25.2 Å². The normalized spacial score (nSPS) is 12.4. The Balaban J connectivity index is 2.06. The number of hydrogen-bond acceptors (Lipinski definition) is 4. The van der Waals surface area contributed by atoms with Gasteiger partial charge in [0.05, 0.1) is 19.8 Å². The lowest BCUT2D eigenvalue weighted by Gasteiger charge is -2.25. The molecule has 4 heteroatoms. The third-order valence-electron chi connectivity index (χ3n) is 3.59. The van der Waals surface area contributed by atoms with Gasteiger partial charge in [0.2, 0.25) is 0 Å². The van der Waals surface area contributed by atoms with Gasteiger partial charge < -0.3 is 14.9 Å². The molecule has 2 N–H and O–H groups in total. The summed E-state index contributed by atoms with van der Waals surface area (Å²) in [4.78, 5) is 2.03. The van der Waals surface area contributed by atoms with Crippen molar-refractivity contribution >= 4 is 0 Å². The smallest absolute Gasteiger partial charge is 0.124 e. The highest BCUT2D eigenvalue weighted by Crippen LogP contribution is 2.25. The Morgan fingerprint density at radius 2 is 1.73 bits per heavy atom. The lowest BCUT2D eigenvalue weighted by molar-refractivity contribution is 0.0939. The van der Waals surface area contributed by atoms with Crippen LogP contribution in [-0.4, -0.2) is 41.9 Å². The fraction of sp³-hybridized carbons (Fsp3) is 0.333. The van der Waals surface area contributed by atoms with E-state index in [2.05, 4.69) is 0 Å². The SMILES string of the molecule is COc1ccccc1C(O)CN(CCO)Cc1ccccc1. The van der Waals surface area contributed by atoms with E-state index in [-0.39, 0.29) is 6.61 Å². The molecule has 1 atom stereocenters. The molecule has 0 spiro atoms. The van der Waals surface area contributed by atoms with Crippen molar-refractivity contribution in [3.8, 4) is 5.75 Å². The molecule has 0 radical (unpaired) electrons. The van der Waals surface area contributed by atoms with E-state index in [1.54, 1.807) is 7.11 Å². The van der Waals surface area contributed by atoms with Crippen LogP contribution >= 0.6 is 0 Å². The minimum absolute atomic E-state index is 0.0610. The second-order valence-electron chi connectivity index (χ2n) is 5.20. The average molecular weight is 301 g/mol. The largest absolute Gasteiger partial charge is 0.496 e. The highest BCUT2D eigenvalue weighted by molar-refractivity contribution is 5.35. The molecule has 0 saturated carbocycles. The van der Waals surface area contributed by atoms with Crippen LogP contribution in [-0.2, 0) is 6.54 Å². The fourth-order valence-corrected chi connectivity index (χ4v) is 2.50. The van der Waals surface area contributed by atoms with Crippen molar-refractivity contribution < 1.29 is 14.9 Å². The van der Waals surface area contributed by atoms with E-state index in [4.69, 9.17) is 4.74 Å². The summed E-state index contributed by atoms with van der Waals surface area (Å²) in [7, 11) is 1.60. The van der Waals surface area contributed by atoms with Crippen LogP contribution in [0.25, 0.3) is 0 Å². The summed E-state index contributed by atoms with van der Waals surface area (Å²) in [6.45, 7) is 1.70. The Labute approximate surface area is 131 Å². The first-order valence-electron chi connectivity index (χ1n) is 7.42. The Hall–Kier alpha value is -1.88. The summed E-state index contributed by atoms with van der Waals surface area (Å²) in [5.74, 6) is 0.679. The van der Waals surface area contributed by atoms with Crippen LogP contribution in [0.4, 0.5) is 0 Å². The third-order valence-corrected chi connectivity index (χ3v) is 3.59. The maximum Gasteiger partial charge on any atom is 0.124 e. The first-order chi connectivity index (χ1) is 10.7. The molecular formula is C18H23NO3. The zero-order valence-electron chi connectivity index (χ0n) is 12.9. The zero-order chi connectivity index (χ0) is 15.8. The zero-order valence-corrected chi connectivity index (χ0v) is 12.9. The van der Waals surface area contributed by atoms with Crippen LogP contribution in [0.2, 0.25) is 0 Å². The molecule has 0 aliphatic carbocycles. The highest BCUT2D eigenvalue weighted by atomic mass is 16.5. The first kappa shape index (κ1) is 16.5. The van der Waals surface area contributed by atoms with Gasteiger partial charge in [-0.2, -0.15) is 0 Å². The molecule has 0 amide bonds. The van der Waals surface area contributed by atoms with E-state index in [1.165, 1.54) is 0 Å². The lowest BCUT2D eigenvalue weighted by atomic mass is 10.1. The number of nitrogens with zero attached hydrogens (tertiary/aromatic N) is 1. The number of hydrogen-bond donors (Lipinski definition) is 2. The standard InChI is InChI=1S/C18H23NO3/c1-22-18-10-6-5-9-16(18)17(21)14-19(11-12-20)13-15-7-3-2-4-8-15/h2-10,17,20-21H,11-14H2,1H3. The van der Waals surface area contributed by atoms with Crippen LogP contribution < -0.4 is 4.74 Å². The first-order valence-corrected chi connectivity index (χ1v) is 7.42. The number of methoxy groups -OCH3 is 1. The van der Waals surface area contributed by atoms with Gasteiger partial charge in [-0.1, -0.05) is 48.5 Å². The van der Waals surface area contributed by atoms with Crippen LogP contribution in [0.3, 0.4) is 0 Å². The molecule has 22 heavy (non-hydrogen) atoms. The van der Waals surface area contributed by atoms with Gasteiger partial charge in [-0.15, -0.1) is 0 Å². The Kier molecular flexibility index (Phi) is 6.40. The quantitative estimate of drug-likeness (QED) is 0.785. The molecule has 0 heterocycles. The van der Waals surface area contributed by atoms with Crippen molar-refractivity contribution in [2.75, 3.05) is 26.8 Å². The number of para-hydroxylation sites is 1. The highest BCUT2D eigenvalue weighted by Gasteiger charge is 2.17. The van der Waals surface area contributed by atoms with Crippen LogP contribution in [0.15, 0.2) is 54.6 Å². The van der Waals surface area contributed by atoms with Crippen LogP contribution in [0.1, 0.15) is 17.2 Å². The molecule has 0 aliphatic heterocycles. The van der Waals surface area contributed by atoms with Gasteiger partial charge in [-0.05, 0) is 11.6 Å². The third kappa shape index (κ3) is 4.56. The van der Waals surface area contributed by atoms with E-state index < -0.39 is 6.10 Å². The summed E-state index contributed by atoms with van der Waals surface area (Å²) in [5.41, 5.74) is 1.92. The van der Waals surface area contributed by atoms with Crippen molar-refractivity contribution in [2.45, 2.75) is 12.6 Å². The van der Waals surface area contributed by atoms with Crippen molar-refractivity contribution in [1.29, 1.82) is 0 Å². The molecule has 0 bridgehead atoms. The van der Waals surface area contributed by atoms with E-state index in [9.17, 15) is 10.2 Å². The average Bonchev–Trinajstić information content (AvgIpc) is 2.56. The molecule has 118 valence electrons. The van der Waals surface area contributed by atoms with E-state index in [0.29, 0.717) is 25.4 Å². The molecule has 2 rings (SSSR count). The van der Waals surface area contributed by atoms with Gasteiger partial charge in [0.1, 0.15) is 5.75 Å². The summed E-state index contributed by atoms with van der Waals surface area (Å²) in [6.07, 6.45) is -0.661. The molecule has 1 unspecified atom stereocenters. The van der Waals surface area contributed by atoms with Gasteiger partial charge in [-0.3, -0.25) is 4.90 Å². The number of aliphatic hydroxyl groups excluding tert-OH is 2. The fourth-order valence-electron chi connectivity index (χ4n) is 2.50. The predicted octanol–water partition coefficient (Wildman–Crippen LogP) is 2.22. The topological polar surface area (TPSA) is 52.9 Å². The minimum Gasteiger partial charge on any atom is -0.496 e. The molecular weight excluding hydrogens is 278 g/mol. The van der Waals surface area contributed by atoms with Gasteiger partial charge in [0.25, 0.3) is 0 Å². The van der Waals surface area contributed by atoms with Crippen molar-refractivity contribution in [3.05, 3.63) is 65.7 Å². The van der Waals surface area contributed by atoms with Crippen LogP contribution in [0.5, 0.6) is 5.75 Å². The number of rotatable bonds is 8. The number of benzene rings is 2. The summed E-state index contributed by atoms with van der Waals surface area (Å²) in [6, 6.07) is 17.5. The number of aliphatic hydroxyl groups is 2. The molecule has 2 aromatic rings. The number of ether oxygens (including phenoxy) is 1. The second kappa shape index (κ2) is 8.54. The van der Waals surface area contributed by atoms with Crippen molar-refractivity contribution in [1.82, 2.24) is 4.90 Å². The van der Waals surface area contributed by atoms with Crippen LogP contribution in [0, 0.1) is 0 Å². The van der Waals surface area contributed by atoms with E-state index >= 15 is 0 Å².